The van der Waals surface area contributed by atoms with Crippen molar-refractivity contribution in [3.05, 3.63) is 76.9 Å². The molecule has 0 fully saturated rings. The first kappa shape index (κ1) is 20.3. The average Bonchev–Trinajstić information content (AvgIpc) is 2.72. The lowest BCUT2D eigenvalue weighted by Gasteiger charge is -2.26. The summed E-state index contributed by atoms with van der Waals surface area (Å²) in [7, 11) is 0. The molecule has 0 atom stereocenters. The fourth-order valence-electron chi connectivity index (χ4n) is 3.40. The Hall–Kier alpha value is -2.40. The van der Waals surface area contributed by atoms with Gasteiger partial charge < -0.3 is 0 Å². The summed E-state index contributed by atoms with van der Waals surface area (Å²) in [5.41, 5.74) is 2.88. The van der Waals surface area contributed by atoms with E-state index in [-0.39, 0.29) is 5.78 Å². The predicted octanol–water partition coefficient (Wildman–Crippen LogP) is 5.63. The Labute approximate surface area is 163 Å². The molecule has 0 aromatic heterocycles. The second kappa shape index (κ2) is 8.74. The molecule has 28 heavy (non-hydrogen) atoms. The molecule has 0 radical (unpaired) electrons. The minimum absolute atomic E-state index is 0.121. The van der Waals surface area contributed by atoms with Crippen LogP contribution in [0.15, 0.2) is 54.6 Å². The number of carbonyl (C=O) groups excluding carboxylic acids is 1. The van der Waals surface area contributed by atoms with Crippen molar-refractivity contribution in [1.82, 2.24) is 4.90 Å². The van der Waals surface area contributed by atoms with Crippen LogP contribution in [0.3, 0.4) is 0 Å². The number of hydrogen-bond donors (Lipinski definition) is 0. The number of ketones is 1. The molecular formula is C23H24F3NO. The molecule has 0 amide bonds. The first-order valence-electron chi connectivity index (χ1n) is 9.58. The van der Waals surface area contributed by atoms with Crippen molar-refractivity contribution >= 4 is 11.4 Å². The van der Waals surface area contributed by atoms with E-state index in [9.17, 15) is 18.0 Å². The standard InChI is InChI=1S/C23H24F3NO/c1-2-17-6-8-19(9-7-17)22(28)12-15-27-13-10-18(11-14-27)20-4-3-5-21(16-20)23(24,25)26/h3-10,16H,2,11-15H2,1H3. The summed E-state index contributed by atoms with van der Waals surface area (Å²) in [5.74, 6) is 0.121. The largest absolute Gasteiger partial charge is 0.416 e. The molecule has 148 valence electrons. The highest BCUT2D eigenvalue weighted by atomic mass is 19.4. The molecule has 0 aliphatic carbocycles. The Balaban J connectivity index is 1.56. The molecule has 1 aliphatic heterocycles. The van der Waals surface area contributed by atoms with Gasteiger partial charge in [0, 0.05) is 31.6 Å². The highest BCUT2D eigenvalue weighted by Gasteiger charge is 2.30. The zero-order valence-electron chi connectivity index (χ0n) is 15.9. The molecule has 5 heteroatoms. The molecule has 3 rings (SSSR count). The monoisotopic (exact) mass is 387 g/mol. The number of Topliss-reactive ketones (excluding diaryl/α,β-unsaturated/α-hetero) is 1. The first-order chi connectivity index (χ1) is 13.4. The number of alkyl halides is 3. The first-order valence-corrected chi connectivity index (χ1v) is 9.58. The molecular weight excluding hydrogens is 363 g/mol. The molecule has 1 aliphatic rings. The summed E-state index contributed by atoms with van der Waals surface area (Å²) in [6.45, 7) is 4.12. The average molecular weight is 387 g/mol. The maximum absolute atomic E-state index is 12.9. The maximum Gasteiger partial charge on any atom is 0.416 e. The Morgan fingerprint density at radius 3 is 2.46 bits per heavy atom. The summed E-state index contributed by atoms with van der Waals surface area (Å²) in [5, 5.41) is 0. The van der Waals surface area contributed by atoms with Crippen LogP contribution in [0.2, 0.25) is 0 Å². The summed E-state index contributed by atoms with van der Waals surface area (Å²) in [6.07, 6.45) is -0.284. The minimum atomic E-state index is -4.33. The number of hydrogen-bond acceptors (Lipinski definition) is 2. The van der Waals surface area contributed by atoms with E-state index in [0.717, 1.165) is 30.2 Å². The Bertz CT molecular complexity index is 853. The van der Waals surface area contributed by atoms with E-state index in [1.807, 2.05) is 30.3 Å². The van der Waals surface area contributed by atoms with Crippen molar-refractivity contribution in [3.8, 4) is 0 Å². The number of nitrogens with zero attached hydrogens (tertiary/aromatic N) is 1. The van der Waals surface area contributed by atoms with Gasteiger partial charge in [0.1, 0.15) is 0 Å². The second-order valence-corrected chi connectivity index (χ2v) is 7.08. The molecule has 0 saturated carbocycles. The molecule has 0 N–H and O–H groups in total. The number of benzene rings is 2. The molecule has 0 unspecified atom stereocenters. The Morgan fingerprint density at radius 2 is 1.86 bits per heavy atom. The van der Waals surface area contributed by atoms with Crippen LogP contribution in [0.5, 0.6) is 0 Å². The number of rotatable bonds is 6. The predicted molar refractivity (Wildman–Crippen MR) is 105 cm³/mol. The van der Waals surface area contributed by atoms with Crippen LogP contribution < -0.4 is 0 Å². The molecule has 0 saturated heterocycles. The summed E-state index contributed by atoms with van der Waals surface area (Å²) < 4.78 is 38.7. The van der Waals surface area contributed by atoms with Gasteiger partial charge in [-0.25, -0.2) is 0 Å². The highest BCUT2D eigenvalue weighted by Crippen LogP contribution is 2.32. The summed E-state index contributed by atoms with van der Waals surface area (Å²) in [6, 6.07) is 13.2. The van der Waals surface area contributed by atoms with E-state index in [1.54, 1.807) is 6.07 Å². The Kier molecular flexibility index (Phi) is 6.35. The maximum atomic E-state index is 12.9. The van der Waals surface area contributed by atoms with E-state index < -0.39 is 11.7 Å². The van der Waals surface area contributed by atoms with Crippen molar-refractivity contribution in [2.24, 2.45) is 0 Å². The van der Waals surface area contributed by atoms with Gasteiger partial charge in [-0.15, -0.1) is 0 Å². The van der Waals surface area contributed by atoms with Crippen molar-refractivity contribution < 1.29 is 18.0 Å². The van der Waals surface area contributed by atoms with Crippen molar-refractivity contribution in [1.29, 1.82) is 0 Å². The van der Waals surface area contributed by atoms with E-state index in [1.165, 1.54) is 17.7 Å². The van der Waals surface area contributed by atoms with Gasteiger partial charge in [0.25, 0.3) is 0 Å². The lowest BCUT2D eigenvalue weighted by Crippen LogP contribution is -2.30. The van der Waals surface area contributed by atoms with Crippen LogP contribution in [0.25, 0.3) is 5.57 Å². The smallest absolute Gasteiger partial charge is 0.299 e. The molecule has 0 spiro atoms. The molecule has 2 nitrogen and oxygen atoms in total. The van der Waals surface area contributed by atoms with Crippen molar-refractivity contribution in [2.75, 3.05) is 19.6 Å². The van der Waals surface area contributed by atoms with Crippen LogP contribution >= 0.6 is 0 Å². The van der Waals surface area contributed by atoms with Crippen LogP contribution in [0, 0.1) is 0 Å². The fourth-order valence-corrected chi connectivity index (χ4v) is 3.40. The lowest BCUT2D eigenvalue weighted by atomic mass is 9.97. The number of aryl methyl sites for hydroxylation is 1. The van der Waals surface area contributed by atoms with Crippen LogP contribution in [0.4, 0.5) is 13.2 Å². The van der Waals surface area contributed by atoms with Crippen LogP contribution in [-0.4, -0.2) is 30.3 Å². The van der Waals surface area contributed by atoms with Gasteiger partial charge in [0.2, 0.25) is 0 Å². The van der Waals surface area contributed by atoms with Gasteiger partial charge in [0.05, 0.1) is 5.56 Å². The van der Waals surface area contributed by atoms with Crippen molar-refractivity contribution in [2.45, 2.75) is 32.4 Å². The topological polar surface area (TPSA) is 20.3 Å². The van der Waals surface area contributed by atoms with Crippen LogP contribution in [0.1, 0.15) is 46.8 Å². The van der Waals surface area contributed by atoms with Gasteiger partial charge in [0.15, 0.2) is 5.78 Å². The second-order valence-electron chi connectivity index (χ2n) is 7.08. The quantitative estimate of drug-likeness (QED) is 0.599. The van der Waals surface area contributed by atoms with Crippen LogP contribution in [-0.2, 0) is 12.6 Å². The van der Waals surface area contributed by atoms with E-state index in [0.29, 0.717) is 31.5 Å². The molecule has 2 aromatic carbocycles. The molecule has 1 heterocycles. The van der Waals surface area contributed by atoms with E-state index >= 15 is 0 Å². The molecule has 0 bridgehead atoms. The van der Waals surface area contributed by atoms with Crippen molar-refractivity contribution in [3.63, 3.8) is 0 Å². The normalized spacial score (nSPS) is 15.4. The van der Waals surface area contributed by atoms with E-state index in [4.69, 9.17) is 0 Å². The molecule has 2 aromatic rings. The number of halogens is 3. The fraction of sp³-hybridized carbons (Fsp3) is 0.348. The summed E-state index contributed by atoms with van der Waals surface area (Å²) >= 11 is 0. The zero-order valence-corrected chi connectivity index (χ0v) is 15.9. The third-order valence-corrected chi connectivity index (χ3v) is 5.19. The highest BCUT2D eigenvalue weighted by molar-refractivity contribution is 5.96. The lowest BCUT2D eigenvalue weighted by molar-refractivity contribution is -0.137. The van der Waals surface area contributed by atoms with Gasteiger partial charge in [-0.3, -0.25) is 9.69 Å². The van der Waals surface area contributed by atoms with E-state index in [2.05, 4.69) is 11.8 Å². The zero-order chi connectivity index (χ0) is 20.1. The minimum Gasteiger partial charge on any atom is -0.299 e. The third kappa shape index (κ3) is 5.10. The van der Waals surface area contributed by atoms with Gasteiger partial charge in [-0.2, -0.15) is 13.2 Å². The van der Waals surface area contributed by atoms with Gasteiger partial charge in [-0.1, -0.05) is 49.4 Å². The third-order valence-electron chi connectivity index (χ3n) is 5.19. The van der Waals surface area contributed by atoms with Gasteiger partial charge >= 0.3 is 6.18 Å². The SMILES string of the molecule is CCc1ccc(C(=O)CCN2CC=C(c3cccc(C(F)(F)F)c3)CC2)cc1. The number of carbonyl (C=O) groups is 1. The Morgan fingerprint density at radius 1 is 1.11 bits per heavy atom. The summed E-state index contributed by atoms with van der Waals surface area (Å²) in [4.78, 5) is 14.5. The van der Waals surface area contributed by atoms with Gasteiger partial charge in [-0.05, 0) is 41.7 Å².